The molecule has 1 aliphatic rings. The first-order valence-electron chi connectivity index (χ1n) is 10.1. The van der Waals surface area contributed by atoms with E-state index in [-0.39, 0.29) is 5.41 Å². The molecular weight excluding hydrogens is 326 g/mol. The monoisotopic (exact) mass is 363 g/mol. The smallest absolute Gasteiger partial charge is 0.191 e. The van der Waals surface area contributed by atoms with Gasteiger partial charge >= 0.3 is 0 Å². The lowest BCUT2D eigenvalue weighted by atomic mass is 9.58. The number of aliphatic imine (C=N–C) groups is 1. The first-order valence-corrected chi connectivity index (χ1v) is 10.1. The normalized spacial score (nSPS) is 22.2. The van der Waals surface area contributed by atoms with Crippen LogP contribution >= 0.6 is 0 Å². The maximum absolute atomic E-state index is 6.00. The molecule has 0 saturated heterocycles. The Labute approximate surface area is 158 Å². The van der Waals surface area contributed by atoms with Crippen LogP contribution in [0.5, 0.6) is 0 Å². The van der Waals surface area contributed by atoms with Crippen LogP contribution in [0.1, 0.15) is 63.9 Å². The minimum atomic E-state index is 0.201. The van der Waals surface area contributed by atoms with Crippen molar-refractivity contribution in [3.05, 3.63) is 17.0 Å². The molecule has 1 aromatic heterocycles. The second-order valence-electron chi connectivity index (χ2n) is 7.29. The van der Waals surface area contributed by atoms with Gasteiger partial charge in [-0.1, -0.05) is 13.8 Å². The Bertz CT molecular complexity index is 618. The summed E-state index contributed by atoms with van der Waals surface area (Å²) >= 11 is 0. The van der Waals surface area contributed by atoms with Crippen molar-refractivity contribution >= 4 is 5.96 Å². The molecule has 0 spiro atoms. The average Bonchev–Trinajstić information content (AvgIpc) is 2.85. The Balaban J connectivity index is 2.12. The fourth-order valence-electron chi connectivity index (χ4n) is 4.27. The molecule has 2 rings (SSSR count). The summed E-state index contributed by atoms with van der Waals surface area (Å²) in [5.74, 6) is 0.890. The SMILES string of the molecule is CCNC(=NCc1c(C)nn(C)c1C)NC1CC(OCC)C1(CC)CC. The summed E-state index contributed by atoms with van der Waals surface area (Å²) < 4.78 is 7.93. The first-order chi connectivity index (χ1) is 12.4. The van der Waals surface area contributed by atoms with E-state index in [1.807, 2.05) is 11.7 Å². The third-order valence-electron chi connectivity index (χ3n) is 6.18. The van der Waals surface area contributed by atoms with Gasteiger partial charge in [0.1, 0.15) is 0 Å². The molecule has 0 bridgehead atoms. The maximum Gasteiger partial charge on any atom is 0.191 e. The van der Waals surface area contributed by atoms with Crippen molar-refractivity contribution in [3.63, 3.8) is 0 Å². The zero-order valence-electron chi connectivity index (χ0n) is 17.6. The number of nitrogens with zero attached hydrogens (tertiary/aromatic N) is 3. The first kappa shape index (κ1) is 20.7. The van der Waals surface area contributed by atoms with Gasteiger partial charge in [0.25, 0.3) is 0 Å². The number of aromatic nitrogens is 2. The van der Waals surface area contributed by atoms with Gasteiger partial charge in [0, 0.05) is 42.9 Å². The molecule has 148 valence electrons. The van der Waals surface area contributed by atoms with Gasteiger partial charge in [0.05, 0.1) is 18.3 Å². The van der Waals surface area contributed by atoms with Gasteiger partial charge in [-0.25, -0.2) is 4.99 Å². The van der Waals surface area contributed by atoms with E-state index in [4.69, 9.17) is 9.73 Å². The second-order valence-corrected chi connectivity index (χ2v) is 7.29. The van der Waals surface area contributed by atoms with Crippen LogP contribution in [0.3, 0.4) is 0 Å². The minimum Gasteiger partial charge on any atom is -0.378 e. The second kappa shape index (κ2) is 8.89. The highest BCUT2D eigenvalue weighted by Gasteiger charge is 2.53. The number of hydrogen-bond donors (Lipinski definition) is 2. The Kier molecular flexibility index (Phi) is 7.09. The summed E-state index contributed by atoms with van der Waals surface area (Å²) in [5, 5.41) is 11.6. The third-order valence-corrected chi connectivity index (χ3v) is 6.18. The molecule has 0 aliphatic heterocycles. The summed E-state index contributed by atoms with van der Waals surface area (Å²) in [7, 11) is 1.98. The average molecular weight is 364 g/mol. The molecule has 0 amide bonds. The predicted molar refractivity (Wildman–Crippen MR) is 107 cm³/mol. The van der Waals surface area contributed by atoms with Crippen molar-refractivity contribution in [1.29, 1.82) is 0 Å². The Morgan fingerprint density at radius 3 is 2.46 bits per heavy atom. The van der Waals surface area contributed by atoms with Crippen molar-refractivity contribution in [2.75, 3.05) is 13.2 Å². The highest BCUT2D eigenvalue weighted by molar-refractivity contribution is 5.80. The number of guanidine groups is 1. The largest absolute Gasteiger partial charge is 0.378 e. The van der Waals surface area contributed by atoms with E-state index >= 15 is 0 Å². The molecule has 1 heterocycles. The highest BCUT2D eigenvalue weighted by atomic mass is 16.5. The zero-order chi connectivity index (χ0) is 19.3. The fraction of sp³-hybridized carbons (Fsp3) is 0.800. The number of aryl methyl sites for hydroxylation is 2. The lowest BCUT2D eigenvalue weighted by Crippen LogP contribution is -2.65. The van der Waals surface area contributed by atoms with Crippen molar-refractivity contribution < 1.29 is 4.74 Å². The molecule has 26 heavy (non-hydrogen) atoms. The molecule has 1 fully saturated rings. The number of ether oxygens (including phenoxy) is 1. The fourth-order valence-corrected chi connectivity index (χ4v) is 4.27. The zero-order valence-corrected chi connectivity index (χ0v) is 17.6. The van der Waals surface area contributed by atoms with Crippen LogP contribution in [0, 0.1) is 19.3 Å². The van der Waals surface area contributed by atoms with E-state index in [1.54, 1.807) is 0 Å². The lowest BCUT2D eigenvalue weighted by Gasteiger charge is -2.55. The summed E-state index contributed by atoms with van der Waals surface area (Å²) in [5.41, 5.74) is 3.65. The molecule has 6 heteroatoms. The van der Waals surface area contributed by atoms with E-state index < -0.39 is 0 Å². The van der Waals surface area contributed by atoms with Crippen molar-refractivity contribution in [2.24, 2.45) is 17.5 Å². The van der Waals surface area contributed by atoms with Crippen LogP contribution in [-0.4, -0.2) is 41.0 Å². The standard InChI is InChI=1S/C20H37N5O/c1-8-20(9-2)17(12-18(20)26-11-4)23-19(21-10-3)22-13-16-14(5)24-25(7)15(16)6/h17-18H,8-13H2,1-7H3,(H2,21,22,23). The van der Waals surface area contributed by atoms with E-state index in [2.05, 4.69) is 57.3 Å². The molecule has 0 radical (unpaired) electrons. The van der Waals surface area contributed by atoms with E-state index in [1.165, 1.54) is 11.3 Å². The molecule has 2 unspecified atom stereocenters. The van der Waals surface area contributed by atoms with Crippen LogP contribution in [0.25, 0.3) is 0 Å². The van der Waals surface area contributed by atoms with Crippen molar-refractivity contribution in [1.82, 2.24) is 20.4 Å². The number of nitrogens with one attached hydrogen (secondary N) is 2. The maximum atomic E-state index is 6.00. The van der Waals surface area contributed by atoms with E-state index in [0.717, 1.165) is 44.1 Å². The summed E-state index contributed by atoms with van der Waals surface area (Å²) in [6.45, 7) is 15.2. The molecule has 1 aliphatic carbocycles. The highest BCUT2D eigenvalue weighted by Crippen LogP contribution is 2.48. The van der Waals surface area contributed by atoms with Gasteiger partial charge in [0.15, 0.2) is 5.96 Å². The van der Waals surface area contributed by atoms with Crippen LogP contribution < -0.4 is 10.6 Å². The quantitative estimate of drug-likeness (QED) is 0.550. The minimum absolute atomic E-state index is 0.201. The lowest BCUT2D eigenvalue weighted by molar-refractivity contribution is -0.133. The van der Waals surface area contributed by atoms with Gasteiger partial charge in [-0.15, -0.1) is 0 Å². The number of rotatable bonds is 8. The van der Waals surface area contributed by atoms with Gasteiger partial charge in [0.2, 0.25) is 0 Å². The molecule has 6 nitrogen and oxygen atoms in total. The van der Waals surface area contributed by atoms with Crippen LogP contribution in [0.15, 0.2) is 4.99 Å². The predicted octanol–water partition coefficient (Wildman–Crippen LogP) is 3.08. The van der Waals surface area contributed by atoms with Gasteiger partial charge in [-0.05, 0) is 47.0 Å². The molecule has 2 N–H and O–H groups in total. The van der Waals surface area contributed by atoms with Gasteiger partial charge < -0.3 is 15.4 Å². The Morgan fingerprint density at radius 2 is 1.96 bits per heavy atom. The summed E-state index contributed by atoms with van der Waals surface area (Å²) in [4.78, 5) is 4.85. The molecule has 2 atom stereocenters. The van der Waals surface area contributed by atoms with Gasteiger partial charge in [-0.3, -0.25) is 4.68 Å². The van der Waals surface area contributed by atoms with Crippen LogP contribution in [0.4, 0.5) is 0 Å². The van der Waals surface area contributed by atoms with Crippen molar-refractivity contribution in [2.45, 2.75) is 79.5 Å². The Morgan fingerprint density at radius 1 is 1.27 bits per heavy atom. The Hall–Kier alpha value is -1.56. The molecule has 1 saturated carbocycles. The van der Waals surface area contributed by atoms with Crippen LogP contribution in [-0.2, 0) is 18.3 Å². The topological polar surface area (TPSA) is 63.5 Å². The van der Waals surface area contributed by atoms with Crippen LogP contribution in [0.2, 0.25) is 0 Å². The molecule has 1 aromatic rings. The summed E-state index contributed by atoms with van der Waals surface area (Å²) in [6, 6.07) is 0.406. The van der Waals surface area contributed by atoms with E-state index in [9.17, 15) is 0 Å². The van der Waals surface area contributed by atoms with Gasteiger partial charge in [-0.2, -0.15) is 5.10 Å². The molecule has 0 aromatic carbocycles. The number of hydrogen-bond acceptors (Lipinski definition) is 3. The molecular formula is C20H37N5O. The third kappa shape index (κ3) is 3.90. The van der Waals surface area contributed by atoms with E-state index in [0.29, 0.717) is 18.7 Å². The summed E-state index contributed by atoms with van der Waals surface area (Å²) in [6.07, 6.45) is 3.63. The van der Waals surface area contributed by atoms with Crippen molar-refractivity contribution in [3.8, 4) is 0 Å².